The maximum atomic E-state index is 8.98. The summed E-state index contributed by atoms with van der Waals surface area (Å²) >= 11 is 1.70. The fraction of sp³-hybridized carbons (Fsp3) is 0.200. The molecule has 0 aliphatic rings. The molecule has 1 unspecified atom stereocenters. The first-order valence-electron chi connectivity index (χ1n) is 4.27. The van der Waals surface area contributed by atoms with Crippen molar-refractivity contribution in [1.82, 2.24) is 0 Å². The van der Waals surface area contributed by atoms with Gasteiger partial charge in [0.2, 0.25) is 0 Å². The minimum atomic E-state index is 0.100. The Morgan fingerprint density at radius 1 is 1.36 bits per heavy atom. The number of rotatable bonds is 3. The van der Waals surface area contributed by atoms with Gasteiger partial charge in [-0.3, -0.25) is 0 Å². The second-order valence-electron chi connectivity index (χ2n) is 3.05. The van der Waals surface area contributed by atoms with E-state index in [2.05, 4.69) is 15.5 Å². The number of hydrogen-bond donors (Lipinski definition) is 1. The van der Waals surface area contributed by atoms with E-state index < -0.39 is 0 Å². The van der Waals surface area contributed by atoms with E-state index in [0.29, 0.717) is 6.61 Å². The minimum absolute atomic E-state index is 0.100. The summed E-state index contributed by atoms with van der Waals surface area (Å²) in [7, 11) is 2.25. The molecule has 0 spiro atoms. The fourth-order valence-electron chi connectivity index (χ4n) is 1.38. The van der Waals surface area contributed by atoms with Crippen LogP contribution >= 0.6 is 20.8 Å². The molecule has 4 heteroatoms. The Labute approximate surface area is 88.8 Å². The van der Waals surface area contributed by atoms with Crippen LogP contribution in [0.2, 0.25) is 0 Å². The van der Waals surface area contributed by atoms with Crippen LogP contribution in [0.15, 0.2) is 24.3 Å². The third-order valence-corrected chi connectivity index (χ3v) is 3.28. The van der Waals surface area contributed by atoms with E-state index in [9.17, 15) is 0 Å². The van der Waals surface area contributed by atoms with Crippen molar-refractivity contribution in [3.05, 3.63) is 34.7 Å². The van der Waals surface area contributed by atoms with Crippen LogP contribution in [0.3, 0.4) is 0 Å². The molecule has 0 bridgehead atoms. The predicted octanol–water partition coefficient (Wildman–Crippen LogP) is 2.70. The zero-order valence-electron chi connectivity index (χ0n) is 7.56. The second-order valence-corrected chi connectivity index (χ2v) is 4.56. The van der Waals surface area contributed by atoms with Crippen molar-refractivity contribution in [1.29, 1.82) is 0 Å². The maximum Gasteiger partial charge on any atom is 0.0845 e. The molecular formula is C10H11O2PS. The first kappa shape index (κ1) is 10.1. The molecule has 0 saturated heterocycles. The fourth-order valence-corrected chi connectivity index (χ4v) is 2.73. The quantitative estimate of drug-likeness (QED) is 0.815. The van der Waals surface area contributed by atoms with E-state index in [0.717, 1.165) is 5.56 Å². The summed E-state index contributed by atoms with van der Waals surface area (Å²) in [5, 5.41) is 10.2. The number of hydrogen-bond acceptors (Lipinski definition) is 3. The van der Waals surface area contributed by atoms with Gasteiger partial charge in [0.1, 0.15) is 0 Å². The van der Waals surface area contributed by atoms with Crippen molar-refractivity contribution < 1.29 is 9.63 Å². The molecule has 0 aliphatic heterocycles. The van der Waals surface area contributed by atoms with E-state index in [1.807, 2.05) is 18.2 Å². The van der Waals surface area contributed by atoms with E-state index in [-0.39, 0.29) is 6.61 Å². The van der Waals surface area contributed by atoms with Gasteiger partial charge in [-0.1, -0.05) is 12.1 Å². The monoisotopic (exact) mass is 226 g/mol. The Hall–Kier alpha value is -0.470. The van der Waals surface area contributed by atoms with Crippen molar-refractivity contribution in [2.24, 2.45) is 0 Å². The van der Waals surface area contributed by atoms with Crippen molar-refractivity contribution in [2.75, 3.05) is 0 Å². The molecule has 74 valence electrons. The van der Waals surface area contributed by atoms with Crippen molar-refractivity contribution in [3.63, 3.8) is 0 Å². The Balaban J connectivity index is 2.43. The number of aliphatic hydroxyl groups is 1. The van der Waals surface area contributed by atoms with Gasteiger partial charge < -0.3 is 9.63 Å². The number of benzene rings is 1. The van der Waals surface area contributed by atoms with Crippen LogP contribution in [0.25, 0.3) is 10.1 Å². The molecule has 0 radical (unpaired) electrons. The number of fused-ring (bicyclic) bond motifs is 1. The summed E-state index contributed by atoms with van der Waals surface area (Å²) in [4.78, 5) is 1.20. The third-order valence-electron chi connectivity index (χ3n) is 2.04. The van der Waals surface area contributed by atoms with Crippen molar-refractivity contribution >= 4 is 30.9 Å². The number of aliphatic hydroxyl groups excluding tert-OH is 1. The maximum absolute atomic E-state index is 8.98. The highest BCUT2D eigenvalue weighted by Crippen LogP contribution is 2.27. The molecule has 2 rings (SSSR count). The molecule has 1 N–H and O–H groups in total. The van der Waals surface area contributed by atoms with Crippen LogP contribution in [0.5, 0.6) is 0 Å². The van der Waals surface area contributed by atoms with Gasteiger partial charge >= 0.3 is 0 Å². The molecular weight excluding hydrogens is 215 g/mol. The Bertz CT molecular complexity index is 439. The van der Waals surface area contributed by atoms with Gasteiger partial charge in [0.15, 0.2) is 0 Å². The summed E-state index contributed by atoms with van der Waals surface area (Å²) in [6.45, 7) is 0.724. The molecule has 0 aliphatic carbocycles. The lowest BCUT2D eigenvalue weighted by atomic mass is 10.2. The summed E-state index contributed by atoms with van der Waals surface area (Å²) in [6, 6.07) is 8.11. The largest absolute Gasteiger partial charge is 0.392 e. The minimum Gasteiger partial charge on any atom is -0.392 e. The number of thiophene rings is 1. The van der Waals surface area contributed by atoms with Gasteiger partial charge in [0.25, 0.3) is 0 Å². The van der Waals surface area contributed by atoms with E-state index in [1.54, 1.807) is 11.3 Å². The van der Waals surface area contributed by atoms with Crippen LogP contribution in [0.4, 0.5) is 0 Å². The molecule has 1 heterocycles. The highest BCUT2D eigenvalue weighted by atomic mass is 32.1. The van der Waals surface area contributed by atoms with Crippen molar-refractivity contribution in [3.8, 4) is 0 Å². The van der Waals surface area contributed by atoms with Gasteiger partial charge in [-0.25, -0.2) is 0 Å². The standard InChI is InChI=1S/C10H11O2PS/c11-5-7-1-2-8-4-9(6-12-13)14-10(8)3-7/h1-4,11H,5-6,13H2. The summed E-state index contributed by atoms with van der Waals surface area (Å²) in [6.07, 6.45) is 0. The van der Waals surface area contributed by atoms with Crippen LogP contribution in [-0.2, 0) is 17.7 Å². The van der Waals surface area contributed by atoms with Crippen LogP contribution in [-0.4, -0.2) is 5.11 Å². The predicted molar refractivity (Wildman–Crippen MR) is 62.2 cm³/mol. The van der Waals surface area contributed by atoms with Gasteiger partial charge in [-0.2, -0.15) is 0 Å². The topological polar surface area (TPSA) is 29.5 Å². The van der Waals surface area contributed by atoms with E-state index in [1.165, 1.54) is 15.0 Å². The zero-order chi connectivity index (χ0) is 9.97. The Morgan fingerprint density at radius 3 is 2.93 bits per heavy atom. The molecule has 0 fully saturated rings. The molecule has 1 aromatic carbocycles. The summed E-state index contributed by atoms with van der Waals surface area (Å²) < 4.78 is 6.19. The summed E-state index contributed by atoms with van der Waals surface area (Å²) in [5.41, 5.74) is 0.956. The molecule has 0 saturated carbocycles. The molecule has 1 aromatic heterocycles. The zero-order valence-corrected chi connectivity index (χ0v) is 9.54. The van der Waals surface area contributed by atoms with Gasteiger partial charge in [0, 0.05) is 19.0 Å². The van der Waals surface area contributed by atoms with Crippen LogP contribution < -0.4 is 0 Å². The molecule has 0 amide bonds. The first-order valence-corrected chi connectivity index (χ1v) is 5.56. The highest BCUT2D eigenvalue weighted by molar-refractivity contribution is 7.19. The average molecular weight is 226 g/mol. The molecule has 2 aromatic rings. The Kier molecular flexibility index (Phi) is 3.14. The average Bonchev–Trinajstić information content (AvgIpc) is 2.59. The molecule has 14 heavy (non-hydrogen) atoms. The first-order chi connectivity index (χ1) is 6.83. The van der Waals surface area contributed by atoms with Gasteiger partial charge in [-0.15, -0.1) is 11.3 Å². The van der Waals surface area contributed by atoms with Gasteiger partial charge in [0.05, 0.1) is 13.2 Å². The van der Waals surface area contributed by atoms with Crippen LogP contribution in [0.1, 0.15) is 10.4 Å². The molecule has 1 atom stereocenters. The highest BCUT2D eigenvalue weighted by Gasteiger charge is 2.02. The van der Waals surface area contributed by atoms with E-state index >= 15 is 0 Å². The lowest BCUT2D eigenvalue weighted by Gasteiger charge is -1.94. The smallest absolute Gasteiger partial charge is 0.0845 e. The third kappa shape index (κ3) is 1.96. The van der Waals surface area contributed by atoms with Gasteiger partial charge in [-0.05, 0) is 23.1 Å². The molecule has 2 nitrogen and oxygen atoms in total. The normalized spacial score (nSPS) is 11.0. The lowest BCUT2D eigenvalue weighted by molar-refractivity contribution is 0.282. The Morgan fingerprint density at radius 2 is 2.21 bits per heavy atom. The SMILES string of the molecule is OCc1ccc2cc(COP)sc2c1. The summed E-state index contributed by atoms with van der Waals surface area (Å²) in [5.74, 6) is 0. The van der Waals surface area contributed by atoms with E-state index in [4.69, 9.17) is 9.63 Å². The lowest BCUT2D eigenvalue weighted by Crippen LogP contribution is -1.79. The van der Waals surface area contributed by atoms with Crippen LogP contribution in [0, 0.1) is 0 Å². The second kappa shape index (κ2) is 4.37. The van der Waals surface area contributed by atoms with Crippen molar-refractivity contribution in [2.45, 2.75) is 13.2 Å².